The fourth-order valence-corrected chi connectivity index (χ4v) is 4.98. The Bertz CT molecular complexity index is 954. The molecule has 5 nitrogen and oxygen atoms in total. The molecule has 1 aromatic heterocycles. The van der Waals surface area contributed by atoms with Gasteiger partial charge in [0.05, 0.1) is 10.2 Å². The molecule has 1 unspecified atom stereocenters. The highest BCUT2D eigenvalue weighted by molar-refractivity contribution is 7.22. The number of benzene rings is 2. The van der Waals surface area contributed by atoms with Gasteiger partial charge in [0.1, 0.15) is 18.5 Å². The van der Waals surface area contributed by atoms with Crippen LogP contribution in [0.15, 0.2) is 42.5 Å². The van der Waals surface area contributed by atoms with E-state index in [1.165, 1.54) is 16.8 Å². The first-order chi connectivity index (χ1) is 14.2. The van der Waals surface area contributed by atoms with E-state index in [0.29, 0.717) is 24.0 Å². The lowest BCUT2D eigenvalue weighted by molar-refractivity contribution is 0.0889. The number of piperidine rings is 1. The highest BCUT2D eigenvalue weighted by Gasteiger charge is 2.24. The van der Waals surface area contributed by atoms with E-state index in [2.05, 4.69) is 28.4 Å². The maximum Gasteiger partial charge on any atom is 0.186 e. The highest BCUT2D eigenvalue weighted by atomic mass is 32.1. The molecule has 3 aromatic rings. The van der Waals surface area contributed by atoms with Gasteiger partial charge in [0.25, 0.3) is 0 Å². The van der Waals surface area contributed by atoms with Crippen LogP contribution in [0.1, 0.15) is 12.8 Å². The molecule has 0 bridgehead atoms. The first kappa shape index (κ1) is 18.6. The summed E-state index contributed by atoms with van der Waals surface area (Å²) in [5.41, 5.74) is 1.09. The zero-order chi connectivity index (χ0) is 19.6. The maximum absolute atomic E-state index is 13.2. The van der Waals surface area contributed by atoms with Crippen molar-refractivity contribution >= 4 is 26.7 Å². The van der Waals surface area contributed by atoms with Crippen LogP contribution >= 0.6 is 11.3 Å². The topological polar surface area (TPSA) is 46.6 Å². The van der Waals surface area contributed by atoms with Crippen molar-refractivity contribution in [2.75, 3.05) is 37.7 Å². The second kappa shape index (κ2) is 8.16. The zero-order valence-corrected chi connectivity index (χ0v) is 17.0. The maximum atomic E-state index is 13.2. The first-order valence-electron chi connectivity index (χ1n) is 10.1. The summed E-state index contributed by atoms with van der Waals surface area (Å²) in [5.74, 6) is 1.46. The molecule has 152 valence electrons. The summed E-state index contributed by atoms with van der Waals surface area (Å²) in [7, 11) is 0. The van der Waals surface area contributed by atoms with E-state index < -0.39 is 0 Å². The number of fused-ring (bicyclic) bond motifs is 2. The normalized spacial score (nSPS) is 19.6. The van der Waals surface area contributed by atoms with E-state index in [-0.39, 0.29) is 11.9 Å². The molecule has 0 saturated carbocycles. The standard InChI is InChI=1S/C22H24FN3O2S/c23-16-5-6-19-20(11-16)27-14-17(28-19)13-24-12-15-7-9-26(10-8-15)22-25-18-3-1-2-4-21(18)29-22/h1-6,11,15,17,24H,7-10,12-14H2. The molecule has 2 aromatic carbocycles. The van der Waals surface area contributed by atoms with Gasteiger partial charge in [0.15, 0.2) is 16.6 Å². The lowest BCUT2D eigenvalue weighted by Gasteiger charge is -2.32. The van der Waals surface area contributed by atoms with E-state index in [1.54, 1.807) is 17.4 Å². The van der Waals surface area contributed by atoms with Crippen LogP contribution < -0.4 is 19.7 Å². The molecule has 0 radical (unpaired) electrons. The van der Waals surface area contributed by atoms with Crippen LogP contribution in [0.4, 0.5) is 9.52 Å². The zero-order valence-electron chi connectivity index (χ0n) is 16.1. The number of rotatable bonds is 5. The van der Waals surface area contributed by atoms with Gasteiger partial charge >= 0.3 is 0 Å². The minimum absolute atomic E-state index is 0.0456. The van der Waals surface area contributed by atoms with Crippen molar-refractivity contribution in [2.24, 2.45) is 5.92 Å². The molecule has 3 heterocycles. The third-order valence-corrected chi connectivity index (χ3v) is 6.69. The average molecular weight is 414 g/mol. The van der Waals surface area contributed by atoms with E-state index in [4.69, 9.17) is 14.5 Å². The van der Waals surface area contributed by atoms with Crippen LogP contribution in [0, 0.1) is 11.7 Å². The Hall–Kier alpha value is -2.38. The Labute approximate surface area is 173 Å². The molecule has 1 atom stereocenters. The van der Waals surface area contributed by atoms with Crippen LogP contribution in [0.3, 0.4) is 0 Å². The minimum atomic E-state index is -0.305. The van der Waals surface area contributed by atoms with Gasteiger partial charge in [0, 0.05) is 25.7 Å². The van der Waals surface area contributed by atoms with Gasteiger partial charge in [-0.2, -0.15) is 0 Å². The molecule has 0 spiro atoms. The fraction of sp³-hybridized carbons (Fsp3) is 0.409. The van der Waals surface area contributed by atoms with E-state index in [0.717, 1.165) is 49.7 Å². The third kappa shape index (κ3) is 4.16. The van der Waals surface area contributed by atoms with Crippen molar-refractivity contribution in [3.8, 4) is 11.5 Å². The molecule has 1 N–H and O–H groups in total. The highest BCUT2D eigenvalue weighted by Crippen LogP contribution is 2.33. The summed E-state index contributed by atoms with van der Waals surface area (Å²) in [6.07, 6.45) is 2.27. The van der Waals surface area contributed by atoms with E-state index in [1.807, 2.05) is 6.07 Å². The predicted octanol–water partition coefficient (Wildman–Crippen LogP) is 4.08. The van der Waals surface area contributed by atoms with Crippen LogP contribution in [0.5, 0.6) is 11.5 Å². The quantitative estimate of drug-likeness (QED) is 0.683. The van der Waals surface area contributed by atoms with Crippen LogP contribution in [-0.2, 0) is 0 Å². The SMILES string of the molecule is Fc1ccc2c(c1)OCC(CNCC1CCN(c3nc4ccccc4s3)CC1)O2. The molecule has 7 heteroatoms. The van der Waals surface area contributed by atoms with Crippen molar-refractivity contribution in [1.82, 2.24) is 10.3 Å². The molecular weight excluding hydrogens is 389 g/mol. The van der Waals surface area contributed by atoms with Crippen LogP contribution in [0.2, 0.25) is 0 Å². The Morgan fingerprint density at radius 1 is 1.10 bits per heavy atom. The van der Waals surface area contributed by atoms with Gasteiger partial charge in [-0.15, -0.1) is 0 Å². The number of aromatic nitrogens is 1. The molecule has 29 heavy (non-hydrogen) atoms. The number of hydrogen-bond acceptors (Lipinski definition) is 6. The van der Waals surface area contributed by atoms with Gasteiger partial charge in [-0.1, -0.05) is 23.5 Å². The smallest absolute Gasteiger partial charge is 0.186 e. The number of thiazole rings is 1. The van der Waals surface area contributed by atoms with Gasteiger partial charge in [-0.3, -0.25) is 0 Å². The fourth-order valence-electron chi connectivity index (χ4n) is 3.96. The molecule has 0 amide bonds. The minimum Gasteiger partial charge on any atom is -0.486 e. The average Bonchev–Trinajstić information content (AvgIpc) is 3.18. The second-order valence-corrected chi connectivity index (χ2v) is 8.70. The summed E-state index contributed by atoms with van der Waals surface area (Å²) >= 11 is 1.78. The predicted molar refractivity (Wildman–Crippen MR) is 114 cm³/mol. The van der Waals surface area contributed by atoms with E-state index in [9.17, 15) is 4.39 Å². The molecule has 1 fully saturated rings. The summed E-state index contributed by atoms with van der Waals surface area (Å²) < 4.78 is 26.0. The Kier molecular flexibility index (Phi) is 5.24. The lowest BCUT2D eigenvalue weighted by atomic mass is 9.97. The Morgan fingerprint density at radius 2 is 1.97 bits per heavy atom. The number of hydrogen-bond donors (Lipinski definition) is 1. The number of para-hydroxylation sites is 1. The Balaban J connectivity index is 1.07. The van der Waals surface area contributed by atoms with Gasteiger partial charge in [0.2, 0.25) is 0 Å². The summed E-state index contributed by atoms with van der Waals surface area (Å²) in [4.78, 5) is 7.20. The monoisotopic (exact) mass is 413 g/mol. The summed E-state index contributed by atoms with van der Waals surface area (Å²) in [5, 5.41) is 4.67. The number of ether oxygens (including phenoxy) is 2. The van der Waals surface area contributed by atoms with Crippen LogP contribution in [-0.4, -0.2) is 43.9 Å². The first-order valence-corrected chi connectivity index (χ1v) is 11.0. The van der Waals surface area contributed by atoms with Crippen molar-refractivity contribution < 1.29 is 13.9 Å². The van der Waals surface area contributed by atoms with Crippen molar-refractivity contribution in [3.05, 3.63) is 48.3 Å². The molecule has 5 rings (SSSR count). The lowest BCUT2D eigenvalue weighted by Crippen LogP contribution is -2.42. The third-order valence-electron chi connectivity index (χ3n) is 5.60. The molecule has 1 saturated heterocycles. The van der Waals surface area contributed by atoms with Crippen molar-refractivity contribution in [2.45, 2.75) is 18.9 Å². The second-order valence-electron chi connectivity index (χ2n) is 7.69. The van der Waals surface area contributed by atoms with Gasteiger partial charge in [-0.05, 0) is 49.6 Å². The van der Waals surface area contributed by atoms with Crippen molar-refractivity contribution in [1.29, 1.82) is 0 Å². The van der Waals surface area contributed by atoms with E-state index >= 15 is 0 Å². The number of nitrogens with one attached hydrogen (secondary N) is 1. The summed E-state index contributed by atoms with van der Waals surface area (Å²) in [6, 6.07) is 12.7. The van der Waals surface area contributed by atoms with Crippen molar-refractivity contribution in [3.63, 3.8) is 0 Å². The van der Waals surface area contributed by atoms with Gasteiger partial charge < -0.3 is 19.7 Å². The molecular formula is C22H24FN3O2S. The number of anilines is 1. The number of halogens is 1. The molecule has 2 aliphatic heterocycles. The molecule has 2 aliphatic rings. The van der Waals surface area contributed by atoms with Crippen LogP contribution in [0.25, 0.3) is 10.2 Å². The molecule has 0 aliphatic carbocycles. The number of nitrogens with zero attached hydrogens (tertiary/aromatic N) is 2. The summed E-state index contributed by atoms with van der Waals surface area (Å²) in [6.45, 7) is 4.25. The Morgan fingerprint density at radius 3 is 2.83 bits per heavy atom. The van der Waals surface area contributed by atoms with Gasteiger partial charge in [-0.25, -0.2) is 9.37 Å². The largest absolute Gasteiger partial charge is 0.486 e.